The minimum absolute atomic E-state index is 0.208. The van der Waals surface area contributed by atoms with Gasteiger partial charge in [0.2, 0.25) is 0 Å². The molecule has 6 rings (SSSR count). The van der Waals surface area contributed by atoms with E-state index in [0.717, 1.165) is 16.7 Å². The first kappa shape index (κ1) is 36.5. The molecule has 4 aliphatic rings. The molecule has 1 aliphatic carbocycles. The quantitative estimate of drug-likeness (QED) is 0.120. The highest BCUT2D eigenvalue weighted by molar-refractivity contribution is 6.08. The van der Waals surface area contributed by atoms with Crippen molar-refractivity contribution in [2.75, 3.05) is 26.3 Å². The Kier molecular flexibility index (Phi) is 10.3. The van der Waals surface area contributed by atoms with Gasteiger partial charge < -0.3 is 60.7 Å². The SMILES string of the molecule is CC(C)(O)C(=O)c1c(C#C[C@H]2O[C@H](CO)[C@@H](O)[C@H](O)[C@@H]2O)ccc2c1C1(CCNCC1)c1cc(C#C[C@H]3O[C@H](CO)[C@@H](O)[C@H](O)[C@@H]3O)ccc1-2. The van der Waals surface area contributed by atoms with E-state index in [0.29, 0.717) is 37.1 Å². The molecule has 2 aromatic rings. The van der Waals surface area contributed by atoms with Crippen LogP contribution in [-0.4, -0.2) is 145 Å². The van der Waals surface area contributed by atoms with Crippen molar-refractivity contribution in [3.05, 3.63) is 58.1 Å². The van der Waals surface area contributed by atoms with Gasteiger partial charge in [-0.2, -0.15) is 0 Å². The van der Waals surface area contributed by atoms with Gasteiger partial charge in [0.25, 0.3) is 0 Å². The number of carbonyl (C=O) groups is 1. The Hall–Kier alpha value is -3.25. The van der Waals surface area contributed by atoms with Crippen molar-refractivity contribution in [1.29, 1.82) is 0 Å². The second-order valence-electron chi connectivity index (χ2n) is 13.9. The van der Waals surface area contributed by atoms with Crippen LogP contribution in [0.3, 0.4) is 0 Å². The van der Waals surface area contributed by atoms with Crippen LogP contribution in [0.1, 0.15) is 59.3 Å². The Morgan fingerprint density at radius 1 is 0.800 bits per heavy atom. The summed E-state index contributed by atoms with van der Waals surface area (Å²) in [5, 5.41) is 95.5. The number of ketones is 1. The lowest BCUT2D eigenvalue weighted by Crippen LogP contribution is -2.58. The summed E-state index contributed by atoms with van der Waals surface area (Å²) in [5.41, 5.74) is 1.77. The van der Waals surface area contributed by atoms with Crippen molar-refractivity contribution in [2.24, 2.45) is 0 Å². The number of fused-ring (bicyclic) bond motifs is 5. The number of hydrogen-bond donors (Lipinski definition) is 10. The van der Waals surface area contributed by atoms with Crippen LogP contribution in [0.4, 0.5) is 0 Å². The number of aliphatic hydroxyl groups excluding tert-OH is 8. The maximum atomic E-state index is 14.2. The summed E-state index contributed by atoms with van der Waals surface area (Å²) >= 11 is 0. The highest BCUT2D eigenvalue weighted by Gasteiger charge is 2.49. The van der Waals surface area contributed by atoms with Crippen LogP contribution in [0.25, 0.3) is 11.1 Å². The van der Waals surface area contributed by atoms with Crippen LogP contribution in [0.15, 0.2) is 30.3 Å². The number of ether oxygens (including phenoxy) is 2. The van der Waals surface area contributed by atoms with Gasteiger partial charge in [-0.05, 0) is 80.2 Å². The lowest BCUT2D eigenvalue weighted by Gasteiger charge is -2.38. The van der Waals surface area contributed by atoms with Gasteiger partial charge in [-0.25, -0.2) is 0 Å². The van der Waals surface area contributed by atoms with Gasteiger partial charge in [-0.3, -0.25) is 4.79 Å². The van der Waals surface area contributed by atoms with Crippen LogP contribution in [-0.2, 0) is 14.9 Å². The number of aliphatic hydroxyl groups is 9. The third-order valence-electron chi connectivity index (χ3n) is 10.2. The molecule has 1 spiro atoms. The Balaban J connectivity index is 1.45. The Morgan fingerprint density at radius 3 is 1.88 bits per heavy atom. The zero-order chi connectivity index (χ0) is 36.1. The Bertz CT molecular complexity index is 1740. The van der Waals surface area contributed by atoms with Crippen molar-refractivity contribution >= 4 is 5.78 Å². The van der Waals surface area contributed by atoms with E-state index < -0.39 is 91.1 Å². The summed E-state index contributed by atoms with van der Waals surface area (Å²) < 4.78 is 11.1. The Morgan fingerprint density at radius 2 is 1.34 bits per heavy atom. The standard InChI is InChI=1S/C37H43NO12/c1-36(2,48)35(47)27-19(6-10-24-30(42)34(46)32(44)26(17-40)50-24)5-8-21-20-7-3-18(15-22(20)37(28(21)27)11-13-38-14-12-37)4-9-23-29(41)33(45)31(43)25(16-39)49-23/h3,5,7-8,15,23-26,29-34,38-46,48H,11-14,16-17H2,1-2H3/t23-,24-,25-,26-,29-,30-,31-,32-,33-,34-/m1/s1. The molecule has 0 bridgehead atoms. The topological polar surface area (TPSA) is 230 Å². The summed E-state index contributed by atoms with van der Waals surface area (Å²) in [6.45, 7) is 2.85. The zero-order valence-corrected chi connectivity index (χ0v) is 27.7. The number of rotatable bonds is 4. The summed E-state index contributed by atoms with van der Waals surface area (Å²) in [5.74, 6) is 11.0. The molecule has 0 aromatic heterocycles. The molecule has 3 aliphatic heterocycles. The molecule has 0 radical (unpaired) electrons. The zero-order valence-electron chi connectivity index (χ0n) is 27.7. The fourth-order valence-electron chi connectivity index (χ4n) is 7.48. The predicted molar refractivity (Wildman–Crippen MR) is 177 cm³/mol. The van der Waals surface area contributed by atoms with Gasteiger partial charge in [-0.15, -0.1) is 0 Å². The van der Waals surface area contributed by atoms with Crippen LogP contribution >= 0.6 is 0 Å². The molecule has 3 heterocycles. The van der Waals surface area contributed by atoms with Crippen molar-refractivity contribution in [1.82, 2.24) is 5.32 Å². The second-order valence-corrected chi connectivity index (χ2v) is 13.9. The number of carbonyl (C=O) groups excluding carboxylic acids is 1. The van der Waals surface area contributed by atoms with Crippen molar-refractivity contribution in [3.8, 4) is 34.8 Å². The number of piperidine rings is 1. The summed E-state index contributed by atoms with van der Waals surface area (Å²) in [7, 11) is 0. The van der Waals surface area contributed by atoms with E-state index in [1.54, 1.807) is 12.1 Å². The van der Waals surface area contributed by atoms with E-state index in [-0.39, 0.29) is 11.1 Å². The average molecular weight is 694 g/mol. The number of Topliss-reactive ketones (excluding diaryl/α,β-unsaturated/α-hetero) is 1. The highest BCUT2D eigenvalue weighted by Crippen LogP contribution is 2.55. The third-order valence-corrected chi connectivity index (χ3v) is 10.2. The molecule has 50 heavy (non-hydrogen) atoms. The fraction of sp³-hybridized carbons (Fsp3) is 0.541. The van der Waals surface area contributed by atoms with Crippen LogP contribution in [0.5, 0.6) is 0 Å². The smallest absolute Gasteiger partial charge is 0.195 e. The van der Waals surface area contributed by atoms with Crippen LogP contribution < -0.4 is 5.32 Å². The molecular formula is C37H43NO12. The average Bonchev–Trinajstić information content (AvgIpc) is 3.36. The van der Waals surface area contributed by atoms with Crippen molar-refractivity contribution < 1.29 is 60.2 Å². The second kappa shape index (κ2) is 14.1. The van der Waals surface area contributed by atoms with Gasteiger partial charge >= 0.3 is 0 Å². The molecule has 13 nitrogen and oxygen atoms in total. The normalized spacial score (nSPS) is 33.0. The monoisotopic (exact) mass is 693 g/mol. The summed E-state index contributed by atoms with van der Waals surface area (Å²) in [4.78, 5) is 14.2. The van der Waals surface area contributed by atoms with Gasteiger partial charge in [0.15, 0.2) is 5.78 Å². The van der Waals surface area contributed by atoms with Gasteiger partial charge in [0.05, 0.1) is 13.2 Å². The molecule has 0 unspecified atom stereocenters. The highest BCUT2D eigenvalue weighted by atomic mass is 16.5. The molecule has 10 atom stereocenters. The minimum atomic E-state index is -1.79. The van der Waals surface area contributed by atoms with Gasteiger partial charge in [-0.1, -0.05) is 35.8 Å². The number of benzene rings is 2. The van der Waals surface area contributed by atoms with E-state index in [1.165, 1.54) is 13.8 Å². The third kappa shape index (κ3) is 6.28. The molecule has 3 fully saturated rings. The van der Waals surface area contributed by atoms with E-state index in [2.05, 4.69) is 29.0 Å². The molecule has 2 aromatic carbocycles. The summed E-state index contributed by atoms with van der Waals surface area (Å²) in [6.07, 6.45) is -12.9. The molecule has 0 amide bonds. The van der Waals surface area contributed by atoms with E-state index in [9.17, 15) is 50.8 Å². The first-order valence-electron chi connectivity index (χ1n) is 16.7. The molecular weight excluding hydrogens is 650 g/mol. The maximum Gasteiger partial charge on any atom is 0.195 e. The van der Waals surface area contributed by atoms with E-state index in [4.69, 9.17) is 9.47 Å². The minimum Gasteiger partial charge on any atom is -0.394 e. The first-order chi connectivity index (χ1) is 23.7. The van der Waals surface area contributed by atoms with E-state index >= 15 is 0 Å². The molecule has 3 saturated heterocycles. The van der Waals surface area contributed by atoms with Crippen molar-refractivity contribution in [3.63, 3.8) is 0 Å². The van der Waals surface area contributed by atoms with Crippen molar-refractivity contribution in [2.45, 2.75) is 98.7 Å². The Labute approximate surface area is 289 Å². The fourth-order valence-corrected chi connectivity index (χ4v) is 7.48. The van der Waals surface area contributed by atoms with Crippen LogP contribution in [0, 0.1) is 23.7 Å². The van der Waals surface area contributed by atoms with E-state index in [1.807, 2.05) is 18.2 Å². The largest absolute Gasteiger partial charge is 0.394 e. The van der Waals surface area contributed by atoms with Crippen LogP contribution in [0.2, 0.25) is 0 Å². The molecule has 13 heteroatoms. The lowest BCUT2D eigenvalue weighted by atomic mass is 9.68. The molecule has 10 N–H and O–H groups in total. The van der Waals surface area contributed by atoms with Gasteiger partial charge in [0, 0.05) is 22.1 Å². The molecule has 0 saturated carbocycles. The number of nitrogens with one attached hydrogen (secondary N) is 1. The lowest BCUT2D eigenvalue weighted by molar-refractivity contribution is -0.214. The number of hydrogen-bond acceptors (Lipinski definition) is 13. The molecule has 268 valence electrons. The predicted octanol–water partition coefficient (Wildman–Crippen LogP) is -2.32. The maximum absolute atomic E-state index is 14.2. The van der Waals surface area contributed by atoms with Gasteiger partial charge in [0.1, 0.15) is 66.6 Å². The first-order valence-corrected chi connectivity index (χ1v) is 16.7. The summed E-state index contributed by atoms with van der Waals surface area (Å²) in [6, 6.07) is 9.09.